The molecular weight excluding hydrogens is 419 g/mol. The van der Waals surface area contributed by atoms with Crippen molar-refractivity contribution in [3.05, 3.63) is 12.7 Å². The van der Waals surface area contributed by atoms with Gasteiger partial charge in [0.15, 0.2) is 11.5 Å². The Hall–Kier alpha value is -1.24. The van der Waals surface area contributed by atoms with E-state index in [0.717, 1.165) is 0 Å². The van der Waals surface area contributed by atoms with E-state index in [-0.39, 0.29) is 18.8 Å². The molecule has 2 unspecified atom stereocenters. The molecule has 0 aromatic carbocycles. The molecular formula is C8H14N5O10P3. The molecule has 2 aromatic heterocycles. The van der Waals surface area contributed by atoms with Crippen molar-refractivity contribution in [3.63, 3.8) is 0 Å². The lowest BCUT2D eigenvalue weighted by Crippen LogP contribution is -2.03. The average molecular weight is 433 g/mol. The number of nitrogens with zero attached hydrogens (tertiary/aromatic N) is 4. The average Bonchev–Trinajstić information content (AvgIpc) is 2.84. The van der Waals surface area contributed by atoms with E-state index in [2.05, 4.69) is 28.1 Å². The molecule has 0 spiro atoms. The van der Waals surface area contributed by atoms with Crippen molar-refractivity contribution in [2.75, 3.05) is 12.3 Å². The van der Waals surface area contributed by atoms with Gasteiger partial charge >= 0.3 is 23.5 Å². The predicted octanol–water partition coefficient (Wildman–Crippen LogP) is 0.142. The van der Waals surface area contributed by atoms with E-state index in [4.69, 9.17) is 20.4 Å². The molecule has 15 nitrogen and oxygen atoms in total. The molecule has 6 N–H and O–H groups in total. The highest BCUT2D eigenvalue weighted by Gasteiger charge is 2.40. The zero-order valence-corrected chi connectivity index (χ0v) is 15.4. The quantitative estimate of drug-likeness (QED) is 0.262. The minimum atomic E-state index is -5.52. The number of fused-ring (bicyclic) bond motifs is 1. The van der Waals surface area contributed by atoms with Crippen LogP contribution in [0.5, 0.6) is 0 Å². The highest BCUT2D eigenvalue weighted by atomic mass is 31.3. The van der Waals surface area contributed by atoms with E-state index in [9.17, 15) is 18.6 Å². The van der Waals surface area contributed by atoms with Crippen LogP contribution in [0.25, 0.3) is 11.2 Å². The molecule has 146 valence electrons. The predicted molar refractivity (Wildman–Crippen MR) is 84.2 cm³/mol. The summed E-state index contributed by atoms with van der Waals surface area (Å²) in [6.07, 6.45) is 2.78. The van der Waals surface area contributed by atoms with Crippen LogP contribution in [0.3, 0.4) is 0 Å². The summed E-state index contributed by atoms with van der Waals surface area (Å²) in [6, 6.07) is 0. The Balaban J connectivity index is 1.88. The maximum Gasteiger partial charge on any atom is 0.490 e. The highest BCUT2D eigenvalue weighted by Crippen LogP contribution is 2.66. The van der Waals surface area contributed by atoms with E-state index in [0.29, 0.717) is 11.2 Å². The smallest absolute Gasteiger partial charge is 0.382 e. The standard InChI is InChI=1S/C8H14N5O10P3/c9-7-6-8(11-4-10-7)13(5-12-6)2-1-3-21-25(17,18)23-26(19,20)22-24(14,15)16/h4-5H,1-3H2,(H,17,18)(H,19,20)(H2,9,10,11)(H2,14,15,16). The maximum absolute atomic E-state index is 11.5. The van der Waals surface area contributed by atoms with Gasteiger partial charge in [0, 0.05) is 6.54 Å². The molecule has 2 atom stereocenters. The van der Waals surface area contributed by atoms with Crippen LogP contribution < -0.4 is 5.73 Å². The zero-order valence-electron chi connectivity index (χ0n) is 12.7. The van der Waals surface area contributed by atoms with Crippen LogP contribution in [0.1, 0.15) is 6.42 Å². The Labute approximate surface area is 145 Å². The van der Waals surface area contributed by atoms with E-state index in [1.807, 2.05) is 0 Å². The van der Waals surface area contributed by atoms with Gasteiger partial charge in [-0.1, -0.05) is 0 Å². The highest BCUT2D eigenvalue weighted by molar-refractivity contribution is 7.66. The first-order valence-electron chi connectivity index (χ1n) is 6.58. The van der Waals surface area contributed by atoms with Gasteiger partial charge in [-0.15, -0.1) is 0 Å². The lowest BCUT2D eigenvalue weighted by Gasteiger charge is -2.16. The third-order valence-corrected chi connectivity index (χ3v) is 6.48. The summed E-state index contributed by atoms with van der Waals surface area (Å²) >= 11 is 0. The summed E-state index contributed by atoms with van der Waals surface area (Å²) in [4.78, 5) is 46.9. The lowest BCUT2D eigenvalue weighted by atomic mass is 10.4. The van der Waals surface area contributed by atoms with E-state index < -0.39 is 30.1 Å². The summed E-state index contributed by atoms with van der Waals surface area (Å²) in [5.41, 5.74) is 6.43. The molecule has 0 bridgehead atoms. The van der Waals surface area contributed by atoms with Crippen molar-refractivity contribution in [1.29, 1.82) is 0 Å². The molecule has 2 heterocycles. The summed E-state index contributed by atoms with van der Waals surface area (Å²) < 4.78 is 46.4. The Morgan fingerprint density at radius 2 is 1.73 bits per heavy atom. The number of imidazole rings is 1. The van der Waals surface area contributed by atoms with Crippen LogP contribution >= 0.6 is 23.5 Å². The minimum absolute atomic E-state index is 0.123. The molecule has 0 aliphatic rings. The number of nitrogen functional groups attached to an aromatic ring is 1. The van der Waals surface area contributed by atoms with Gasteiger partial charge in [0.2, 0.25) is 0 Å². The number of phosphoric ester groups is 1. The third-order valence-electron chi connectivity index (χ3n) is 2.64. The van der Waals surface area contributed by atoms with Crippen LogP contribution in [0, 0.1) is 0 Å². The number of aryl methyl sites for hydroxylation is 1. The first-order chi connectivity index (χ1) is 11.9. The first-order valence-corrected chi connectivity index (χ1v) is 11.1. The molecule has 0 radical (unpaired) electrons. The number of phosphoric acid groups is 3. The lowest BCUT2D eigenvalue weighted by molar-refractivity contribution is 0.169. The van der Waals surface area contributed by atoms with Crippen molar-refractivity contribution in [2.45, 2.75) is 13.0 Å². The molecule has 26 heavy (non-hydrogen) atoms. The van der Waals surface area contributed by atoms with Crippen LogP contribution in [0.4, 0.5) is 5.82 Å². The summed E-state index contributed by atoms with van der Waals surface area (Å²) in [5.74, 6) is 0.182. The fourth-order valence-corrected chi connectivity index (χ4v) is 4.83. The number of aromatic nitrogens is 4. The topological polar surface area (TPSA) is 229 Å². The fraction of sp³-hybridized carbons (Fsp3) is 0.375. The zero-order chi connectivity index (χ0) is 19.6. The molecule has 0 saturated heterocycles. The molecule has 2 rings (SSSR count). The molecule has 18 heteroatoms. The number of nitrogens with two attached hydrogens (primary N) is 1. The number of hydrogen-bond donors (Lipinski definition) is 5. The Morgan fingerprint density at radius 3 is 2.38 bits per heavy atom. The van der Waals surface area contributed by atoms with E-state index in [1.54, 1.807) is 4.57 Å². The third kappa shape index (κ3) is 6.18. The number of anilines is 1. The van der Waals surface area contributed by atoms with Gasteiger partial charge in [0.05, 0.1) is 12.9 Å². The van der Waals surface area contributed by atoms with Crippen LogP contribution in [-0.2, 0) is 33.4 Å². The normalized spacial score (nSPS) is 17.1. The maximum atomic E-state index is 11.5. The second kappa shape index (κ2) is 7.79. The number of rotatable bonds is 9. The molecule has 0 saturated carbocycles. The van der Waals surface area contributed by atoms with Gasteiger partial charge in [-0.25, -0.2) is 28.6 Å². The molecule has 0 aliphatic carbocycles. The molecule has 0 fully saturated rings. The second-order valence-electron chi connectivity index (χ2n) is 4.65. The van der Waals surface area contributed by atoms with Gasteiger partial charge in [-0.3, -0.25) is 4.52 Å². The van der Waals surface area contributed by atoms with Crippen molar-refractivity contribution < 1.29 is 46.4 Å². The monoisotopic (exact) mass is 433 g/mol. The van der Waals surface area contributed by atoms with Gasteiger partial charge in [-0.2, -0.15) is 8.62 Å². The number of hydrogen-bond acceptors (Lipinski definition) is 10. The summed E-state index contributed by atoms with van der Waals surface area (Å²) in [7, 11) is -16.1. The molecule has 0 aliphatic heterocycles. The SMILES string of the molecule is Nc1ncnc2c1ncn2CCCOP(=O)(O)OP(=O)(O)OP(=O)(O)O. The van der Waals surface area contributed by atoms with Crippen LogP contribution in [0.15, 0.2) is 12.7 Å². The van der Waals surface area contributed by atoms with E-state index >= 15 is 0 Å². The molecule has 2 aromatic rings. The van der Waals surface area contributed by atoms with Crippen LogP contribution in [0.2, 0.25) is 0 Å². The van der Waals surface area contributed by atoms with Crippen molar-refractivity contribution in [1.82, 2.24) is 19.5 Å². The second-order valence-corrected chi connectivity index (χ2v) is 9.07. The van der Waals surface area contributed by atoms with Crippen molar-refractivity contribution in [3.8, 4) is 0 Å². The van der Waals surface area contributed by atoms with E-state index in [1.165, 1.54) is 12.7 Å². The summed E-state index contributed by atoms with van der Waals surface area (Å²) in [5, 5.41) is 0. The molecule has 0 amide bonds. The van der Waals surface area contributed by atoms with Gasteiger partial charge in [0.1, 0.15) is 11.8 Å². The summed E-state index contributed by atoms with van der Waals surface area (Å²) in [6.45, 7) is -0.188. The minimum Gasteiger partial charge on any atom is -0.382 e. The Morgan fingerprint density at radius 1 is 1.04 bits per heavy atom. The fourth-order valence-electron chi connectivity index (χ4n) is 1.78. The van der Waals surface area contributed by atoms with Crippen LogP contribution in [-0.4, -0.2) is 45.7 Å². The van der Waals surface area contributed by atoms with Crippen molar-refractivity contribution in [2.24, 2.45) is 0 Å². The Kier molecular flexibility index (Phi) is 6.31. The first kappa shape index (κ1) is 21.1. The van der Waals surface area contributed by atoms with Crippen molar-refractivity contribution >= 4 is 40.4 Å². The van der Waals surface area contributed by atoms with Gasteiger partial charge < -0.3 is 29.9 Å². The Bertz CT molecular complexity index is 927. The van der Waals surface area contributed by atoms with Gasteiger partial charge in [-0.05, 0) is 6.42 Å². The van der Waals surface area contributed by atoms with Gasteiger partial charge in [0.25, 0.3) is 0 Å². The largest absolute Gasteiger partial charge is 0.490 e.